The number of imide groups is 1. The average molecular weight is 356 g/mol. The normalized spacial score (nSPS) is 14.2. The standard InChI is InChI=1S/C18H16N2O4S/c1-3-24-16-8-11(4-5-15(16)23-2)14(6-7-19)20-17(21)12-9-25-10-13(12)18(20)22/h4-5,8-10,14H,3,6H2,1-2H3. The van der Waals surface area contributed by atoms with E-state index in [1.165, 1.54) is 18.4 Å². The number of rotatable bonds is 6. The van der Waals surface area contributed by atoms with Crippen LogP contribution < -0.4 is 9.47 Å². The highest BCUT2D eigenvalue weighted by Gasteiger charge is 2.41. The number of carbonyl (C=O) groups excluding carboxylic acids is 2. The molecule has 25 heavy (non-hydrogen) atoms. The maximum atomic E-state index is 12.6. The molecular formula is C18H16N2O4S. The predicted octanol–water partition coefficient (Wildman–Crippen LogP) is 3.41. The molecule has 2 amide bonds. The number of hydrogen-bond acceptors (Lipinski definition) is 6. The highest BCUT2D eigenvalue weighted by atomic mass is 32.1. The minimum atomic E-state index is -0.674. The zero-order valence-electron chi connectivity index (χ0n) is 13.8. The van der Waals surface area contributed by atoms with Crippen LogP contribution in [0.25, 0.3) is 0 Å². The molecule has 1 unspecified atom stereocenters. The van der Waals surface area contributed by atoms with Gasteiger partial charge in [0.2, 0.25) is 0 Å². The lowest BCUT2D eigenvalue weighted by molar-refractivity contribution is 0.0584. The van der Waals surface area contributed by atoms with E-state index in [0.717, 1.165) is 4.90 Å². The van der Waals surface area contributed by atoms with Crippen LogP contribution in [0.2, 0.25) is 0 Å². The van der Waals surface area contributed by atoms with Crippen molar-refractivity contribution >= 4 is 23.2 Å². The molecule has 6 nitrogen and oxygen atoms in total. The highest BCUT2D eigenvalue weighted by Crippen LogP contribution is 2.38. The maximum absolute atomic E-state index is 12.6. The third kappa shape index (κ3) is 2.85. The van der Waals surface area contributed by atoms with E-state index in [9.17, 15) is 14.9 Å². The molecule has 3 rings (SSSR count). The summed E-state index contributed by atoms with van der Waals surface area (Å²) in [7, 11) is 1.54. The third-order valence-electron chi connectivity index (χ3n) is 4.03. The zero-order chi connectivity index (χ0) is 18.0. The van der Waals surface area contributed by atoms with Gasteiger partial charge in [0.1, 0.15) is 0 Å². The Kier molecular flexibility index (Phi) is 4.72. The first kappa shape index (κ1) is 17.0. The first-order valence-electron chi connectivity index (χ1n) is 7.74. The summed E-state index contributed by atoms with van der Waals surface area (Å²) in [5.74, 6) is 0.336. The molecule has 0 N–H and O–H groups in total. The van der Waals surface area contributed by atoms with Gasteiger partial charge in [0.25, 0.3) is 11.8 Å². The monoisotopic (exact) mass is 356 g/mol. The Morgan fingerprint density at radius 2 is 1.88 bits per heavy atom. The zero-order valence-corrected chi connectivity index (χ0v) is 14.6. The van der Waals surface area contributed by atoms with E-state index < -0.39 is 6.04 Å². The van der Waals surface area contributed by atoms with Crippen molar-refractivity contribution in [2.24, 2.45) is 0 Å². The molecule has 1 atom stereocenters. The van der Waals surface area contributed by atoms with Gasteiger partial charge in [-0.2, -0.15) is 16.6 Å². The van der Waals surface area contributed by atoms with Crippen LogP contribution in [0.3, 0.4) is 0 Å². The first-order valence-corrected chi connectivity index (χ1v) is 8.68. The molecular weight excluding hydrogens is 340 g/mol. The van der Waals surface area contributed by atoms with Crippen LogP contribution in [0.4, 0.5) is 0 Å². The second-order valence-electron chi connectivity index (χ2n) is 5.40. The van der Waals surface area contributed by atoms with E-state index in [2.05, 4.69) is 6.07 Å². The van der Waals surface area contributed by atoms with Crippen LogP contribution >= 0.6 is 11.3 Å². The average Bonchev–Trinajstić information content (AvgIpc) is 3.18. The van der Waals surface area contributed by atoms with Gasteiger partial charge >= 0.3 is 0 Å². The summed E-state index contributed by atoms with van der Waals surface area (Å²) in [5.41, 5.74) is 1.45. The van der Waals surface area contributed by atoms with Crippen molar-refractivity contribution in [1.29, 1.82) is 5.26 Å². The lowest BCUT2D eigenvalue weighted by atomic mass is 10.0. The lowest BCUT2D eigenvalue weighted by Gasteiger charge is -2.25. The van der Waals surface area contributed by atoms with Crippen LogP contribution in [-0.2, 0) is 0 Å². The number of benzene rings is 1. The molecule has 0 saturated carbocycles. The van der Waals surface area contributed by atoms with Gasteiger partial charge in [-0.3, -0.25) is 14.5 Å². The Labute approximate surface area is 149 Å². The van der Waals surface area contributed by atoms with Crippen molar-refractivity contribution in [2.45, 2.75) is 19.4 Å². The number of thiophene rings is 1. The van der Waals surface area contributed by atoms with E-state index >= 15 is 0 Å². The number of nitrogens with zero attached hydrogens (tertiary/aromatic N) is 2. The minimum absolute atomic E-state index is 0.00305. The third-order valence-corrected chi connectivity index (χ3v) is 4.77. The van der Waals surface area contributed by atoms with E-state index in [1.807, 2.05) is 6.92 Å². The predicted molar refractivity (Wildman–Crippen MR) is 92.0 cm³/mol. The number of methoxy groups -OCH3 is 1. The molecule has 2 aromatic rings. The quantitative estimate of drug-likeness (QED) is 0.741. The van der Waals surface area contributed by atoms with Gasteiger partial charge in [-0.1, -0.05) is 6.07 Å². The minimum Gasteiger partial charge on any atom is -0.493 e. The van der Waals surface area contributed by atoms with E-state index in [4.69, 9.17) is 9.47 Å². The molecule has 1 aliphatic heterocycles. The molecule has 2 heterocycles. The molecule has 7 heteroatoms. The van der Waals surface area contributed by atoms with E-state index in [0.29, 0.717) is 34.8 Å². The van der Waals surface area contributed by atoms with Crippen molar-refractivity contribution in [3.63, 3.8) is 0 Å². The van der Waals surface area contributed by atoms with Gasteiger partial charge in [0.15, 0.2) is 11.5 Å². The molecule has 1 aliphatic rings. The van der Waals surface area contributed by atoms with Crippen molar-refractivity contribution in [1.82, 2.24) is 4.90 Å². The van der Waals surface area contributed by atoms with Gasteiger partial charge in [0, 0.05) is 10.8 Å². The van der Waals surface area contributed by atoms with Gasteiger partial charge in [0.05, 0.1) is 43.4 Å². The van der Waals surface area contributed by atoms with Crippen LogP contribution in [0, 0.1) is 11.3 Å². The summed E-state index contributed by atoms with van der Waals surface area (Å²) in [5, 5.41) is 12.5. The molecule has 1 aromatic heterocycles. The van der Waals surface area contributed by atoms with Crippen molar-refractivity contribution < 1.29 is 19.1 Å². The second kappa shape index (κ2) is 6.95. The van der Waals surface area contributed by atoms with Gasteiger partial charge in [-0.15, -0.1) is 0 Å². The Bertz CT molecular complexity index is 838. The summed E-state index contributed by atoms with van der Waals surface area (Å²) in [4.78, 5) is 26.4. The summed E-state index contributed by atoms with van der Waals surface area (Å²) >= 11 is 1.32. The summed E-state index contributed by atoms with van der Waals surface area (Å²) < 4.78 is 10.8. The fraction of sp³-hybridized carbons (Fsp3) is 0.278. The van der Waals surface area contributed by atoms with Crippen LogP contribution in [-0.4, -0.2) is 30.4 Å². The Hall–Kier alpha value is -2.85. The van der Waals surface area contributed by atoms with E-state index in [1.54, 1.807) is 29.0 Å². The van der Waals surface area contributed by atoms with Gasteiger partial charge < -0.3 is 9.47 Å². The number of ether oxygens (including phenoxy) is 2. The molecule has 0 fully saturated rings. The van der Waals surface area contributed by atoms with Crippen molar-refractivity contribution in [3.8, 4) is 17.6 Å². The van der Waals surface area contributed by atoms with Crippen LogP contribution in [0.1, 0.15) is 45.7 Å². The number of carbonyl (C=O) groups is 2. The Balaban J connectivity index is 2.02. The number of nitriles is 1. The molecule has 0 spiro atoms. The smallest absolute Gasteiger partial charge is 0.263 e. The summed E-state index contributed by atoms with van der Waals surface area (Å²) in [6.07, 6.45) is 0.00305. The second-order valence-corrected chi connectivity index (χ2v) is 6.14. The largest absolute Gasteiger partial charge is 0.493 e. The lowest BCUT2D eigenvalue weighted by Crippen LogP contribution is -2.34. The molecule has 0 bridgehead atoms. The fourth-order valence-electron chi connectivity index (χ4n) is 2.88. The van der Waals surface area contributed by atoms with Crippen molar-refractivity contribution in [3.05, 3.63) is 45.6 Å². The van der Waals surface area contributed by atoms with Crippen LogP contribution in [0.15, 0.2) is 29.0 Å². The van der Waals surface area contributed by atoms with E-state index in [-0.39, 0.29) is 18.2 Å². The molecule has 128 valence electrons. The molecule has 1 aromatic carbocycles. The molecule has 0 aliphatic carbocycles. The molecule has 0 radical (unpaired) electrons. The SMILES string of the molecule is CCOc1cc(C(CC#N)N2C(=O)c3cscc3C2=O)ccc1OC. The van der Waals surface area contributed by atoms with Crippen molar-refractivity contribution in [2.75, 3.05) is 13.7 Å². The molecule has 0 saturated heterocycles. The Morgan fingerprint density at radius 1 is 1.20 bits per heavy atom. The summed E-state index contributed by atoms with van der Waals surface area (Å²) in [6, 6.07) is 6.57. The van der Waals surface area contributed by atoms with Gasteiger partial charge in [-0.05, 0) is 24.6 Å². The summed E-state index contributed by atoms with van der Waals surface area (Å²) in [6.45, 7) is 2.30. The maximum Gasteiger partial charge on any atom is 0.263 e. The topological polar surface area (TPSA) is 79.6 Å². The Morgan fingerprint density at radius 3 is 2.44 bits per heavy atom. The van der Waals surface area contributed by atoms with Crippen LogP contribution in [0.5, 0.6) is 11.5 Å². The fourth-order valence-corrected chi connectivity index (χ4v) is 3.67. The first-order chi connectivity index (χ1) is 12.1. The number of hydrogen-bond donors (Lipinski definition) is 0. The number of fused-ring (bicyclic) bond motifs is 1. The highest BCUT2D eigenvalue weighted by molar-refractivity contribution is 7.08. The number of amides is 2. The van der Waals surface area contributed by atoms with Gasteiger partial charge in [-0.25, -0.2) is 0 Å².